The minimum Gasteiger partial charge on any atom is -0.266 e. The molecule has 1 N–H and O–H groups in total. The maximum absolute atomic E-state index is 13.2. The molecule has 14 heteroatoms. The minimum absolute atomic E-state index is 0.0752. The lowest BCUT2D eigenvalue weighted by Crippen LogP contribution is -2.32. The largest absolute Gasteiger partial charge is 0.417 e. The summed E-state index contributed by atoms with van der Waals surface area (Å²) in [6.07, 6.45) is -4.94. The fourth-order valence-corrected chi connectivity index (χ4v) is 4.38. The average Bonchev–Trinajstić information content (AvgIpc) is 3.06. The fraction of sp³-hybridized carbons (Fsp3) is 0.118. The number of carbonyl (C=O) groups is 1. The SMILES string of the molecule is Cc1c(C(=O)NS(=O)(=O)c2ccccc2C(F)(F)F)nnn1-c1cc(Cl)c(Cl)c(Cl)c1. The predicted molar refractivity (Wildman–Crippen MR) is 107 cm³/mol. The van der Waals surface area contributed by atoms with Gasteiger partial charge in [-0.15, -0.1) is 5.10 Å². The number of alkyl halides is 3. The molecule has 3 aromatic rings. The summed E-state index contributed by atoms with van der Waals surface area (Å²) in [5.41, 5.74) is -1.50. The van der Waals surface area contributed by atoms with Crippen molar-refractivity contribution in [3.8, 4) is 5.69 Å². The summed E-state index contributed by atoms with van der Waals surface area (Å²) in [6.45, 7) is 1.39. The number of hydrogen-bond acceptors (Lipinski definition) is 5. The molecule has 31 heavy (non-hydrogen) atoms. The quantitative estimate of drug-likeness (QED) is 0.512. The Morgan fingerprint density at radius 2 is 1.68 bits per heavy atom. The molecule has 164 valence electrons. The van der Waals surface area contributed by atoms with Crippen molar-refractivity contribution < 1.29 is 26.4 Å². The third kappa shape index (κ3) is 4.64. The van der Waals surface area contributed by atoms with Crippen LogP contribution < -0.4 is 4.72 Å². The van der Waals surface area contributed by atoms with Crippen molar-refractivity contribution in [2.45, 2.75) is 18.0 Å². The number of sulfonamides is 1. The highest BCUT2D eigenvalue weighted by Gasteiger charge is 2.37. The number of nitrogens with one attached hydrogen (secondary N) is 1. The van der Waals surface area contributed by atoms with Crippen LogP contribution in [0, 0.1) is 6.92 Å². The first-order valence-corrected chi connectivity index (χ1v) is 10.7. The second-order valence-electron chi connectivity index (χ2n) is 6.09. The van der Waals surface area contributed by atoms with E-state index in [4.69, 9.17) is 34.8 Å². The van der Waals surface area contributed by atoms with Crippen molar-refractivity contribution in [1.29, 1.82) is 0 Å². The Morgan fingerprint density at radius 3 is 2.26 bits per heavy atom. The van der Waals surface area contributed by atoms with Gasteiger partial charge in [-0.1, -0.05) is 52.1 Å². The third-order valence-electron chi connectivity index (χ3n) is 4.03. The van der Waals surface area contributed by atoms with Gasteiger partial charge in [0.25, 0.3) is 15.9 Å². The van der Waals surface area contributed by atoms with E-state index < -0.39 is 38.3 Å². The van der Waals surface area contributed by atoms with Crippen LogP contribution in [0.5, 0.6) is 0 Å². The van der Waals surface area contributed by atoms with Gasteiger partial charge in [-0.3, -0.25) is 4.79 Å². The Bertz CT molecular complexity index is 1270. The molecule has 1 heterocycles. The van der Waals surface area contributed by atoms with Crippen LogP contribution in [0.25, 0.3) is 5.69 Å². The number of rotatable bonds is 4. The lowest BCUT2D eigenvalue weighted by atomic mass is 10.2. The Morgan fingerprint density at radius 1 is 1.10 bits per heavy atom. The molecule has 1 amide bonds. The van der Waals surface area contributed by atoms with Crippen molar-refractivity contribution in [1.82, 2.24) is 19.7 Å². The molecule has 7 nitrogen and oxygen atoms in total. The van der Waals surface area contributed by atoms with Crippen LogP contribution in [-0.2, 0) is 16.2 Å². The average molecular weight is 514 g/mol. The van der Waals surface area contributed by atoms with E-state index in [-0.39, 0.29) is 26.4 Å². The van der Waals surface area contributed by atoms with Crippen LogP contribution in [0.1, 0.15) is 21.7 Å². The third-order valence-corrected chi connectivity index (χ3v) is 6.62. The van der Waals surface area contributed by atoms with E-state index in [0.717, 1.165) is 22.9 Å². The summed E-state index contributed by atoms with van der Waals surface area (Å²) in [7, 11) is -4.87. The van der Waals surface area contributed by atoms with Gasteiger partial charge in [-0.05, 0) is 31.2 Å². The second-order valence-corrected chi connectivity index (χ2v) is 8.93. The molecule has 0 saturated carbocycles. The molecule has 0 spiro atoms. The summed E-state index contributed by atoms with van der Waals surface area (Å²) >= 11 is 17.8. The number of carbonyl (C=O) groups excluding carboxylic acids is 1. The molecular formula is C17H10Cl3F3N4O3S. The number of amides is 1. The van der Waals surface area contributed by atoms with E-state index in [0.29, 0.717) is 6.07 Å². The van der Waals surface area contributed by atoms with Gasteiger partial charge in [0.15, 0.2) is 5.69 Å². The molecule has 0 aliphatic carbocycles. The Labute approximate surface area is 188 Å². The molecule has 0 bridgehead atoms. The zero-order chi connectivity index (χ0) is 23.1. The summed E-state index contributed by atoms with van der Waals surface area (Å²) in [5, 5.41) is 7.65. The van der Waals surface area contributed by atoms with Crippen molar-refractivity contribution in [2.75, 3.05) is 0 Å². The van der Waals surface area contributed by atoms with Crippen LogP contribution in [0.3, 0.4) is 0 Å². The molecule has 0 aliphatic rings. The van der Waals surface area contributed by atoms with Crippen molar-refractivity contribution in [3.05, 3.63) is 68.4 Å². The lowest BCUT2D eigenvalue weighted by molar-refractivity contribution is -0.139. The predicted octanol–water partition coefficient (Wildman–Crippen LogP) is 4.67. The van der Waals surface area contributed by atoms with Crippen LogP contribution >= 0.6 is 34.8 Å². The van der Waals surface area contributed by atoms with E-state index in [1.54, 1.807) is 4.72 Å². The highest BCUT2D eigenvalue weighted by molar-refractivity contribution is 7.90. The van der Waals surface area contributed by atoms with Gasteiger partial charge in [0.1, 0.15) is 0 Å². The molecule has 0 unspecified atom stereocenters. The highest BCUT2D eigenvalue weighted by atomic mass is 35.5. The second kappa shape index (κ2) is 8.30. The van der Waals surface area contributed by atoms with Crippen LogP contribution in [0.2, 0.25) is 15.1 Å². The monoisotopic (exact) mass is 512 g/mol. The topological polar surface area (TPSA) is 93.9 Å². The van der Waals surface area contributed by atoms with Crippen LogP contribution in [0.4, 0.5) is 13.2 Å². The van der Waals surface area contributed by atoms with Gasteiger partial charge in [0.05, 0.1) is 36.9 Å². The van der Waals surface area contributed by atoms with Gasteiger partial charge in [-0.2, -0.15) is 13.2 Å². The van der Waals surface area contributed by atoms with Crippen molar-refractivity contribution in [3.63, 3.8) is 0 Å². The molecule has 3 rings (SSSR count). The minimum atomic E-state index is -4.94. The standard InChI is InChI=1S/C17H10Cl3F3N4O3S/c1-8-15(24-26-27(8)9-6-11(18)14(20)12(19)7-9)16(28)25-31(29,30)13-5-3-2-4-10(13)17(21,22)23/h2-7H,1H3,(H,25,28). The normalized spacial score (nSPS) is 12.1. The first-order valence-electron chi connectivity index (χ1n) is 8.13. The Hall–Kier alpha value is -2.34. The summed E-state index contributed by atoms with van der Waals surface area (Å²) in [5.74, 6) is -1.27. The Kier molecular flexibility index (Phi) is 6.25. The fourth-order valence-electron chi connectivity index (χ4n) is 2.61. The number of hydrogen-bond donors (Lipinski definition) is 1. The van der Waals surface area contributed by atoms with E-state index in [1.807, 2.05) is 0 Å². The van der Waals surface area contributed by atoms with Crippen molar-refractivity contribution >= 4 is 50.7 Å². The summed E-state index contributed by atoms with van der Waals surface area (Å²) in [6, 6.07) is 6.23. The lowest BCUT2D eigenvalue weighted by Gasteiger charge is -2.13. The van der Waals surface area contributed by atoms with Gasteiger partial charge >= 0.3 is 6.18 Å². The molecule has 0 atom stereocenters. The van der Waals surface area contributed by atoms with Gasteiger partial charge in [0.2, 0.25) is 0 Å². The maximum atomic E-state index is 13.2. The van der Waals surface area contributed by atoms with Gasteiger partial charge in [-0.25, -0.2) is 17.8 Å². The summed E-state index contributed by atoms with van der Waals surface area (Å²) in [4.78, 5) is 11.4. The molecular weight excluding hydrogens is 504 g/mol. The smallest absolute Gasteiger partial charge is 0.266 e. The highest BCUT2D eigenvalue weighted by Crippen LogP contribution is 2.34. The Balaban J connectivity index is 1.96. The van der Waals surface area contributed by atoms with Gasteiger partial charge in [0, 0.05) is 0 Å². The molecule has 0 fully saturated rings. The first kappa shape index (κ1) is 23.3. The summed E-state index contributed by atoms with van der Waals surface area (Å²) < 4.78 is 67.1. The van der Waals surface area contributed by atoms with E-state index >= 15 is 0 Å². The number of aromatic nitrogens is 3. The number of nitrogens with zero attached hydrogens (tertiary/aromatic N) is 3. The van der Waals surface area contributed by atoms with E-state index in [1.165, 1.54) is 19.1 Å². The molecule has 2 aromatic carbocycles. The van der Waals surface area contributed by atoms with Gasteiger partial charge < -0.3 is 0 Å². The molecule has 1 aromatic heterocycles. The van der Waals surface area contributed by atoms with E-state index in [2.05, 4.69) is 10.3 Å². The molecule has 0 aliphatic heterocycles. The number of halogens is 6. The van der Waals surface area contributed by atoms with Crippen LogP contribution in [0.15, 0.2) is 41.3 Å². The maximum Gasteiger partial charge on any atom is 0.417 e. The molecule has 0 radical (unpaired) electrons. The zero-order valence-electron chi connectivity index (χ0n) is 15.2. The first-order chi connectivity index (χ1) is 14.3. The van der Waals surface area contributed by atoms with E-state index in [9.17, 15) is 26.4 Å². The zero-order valence-corrected chi connectivity index (χ0v) is 18.3. The number of benzene rings is 2. The van der Waals surface area contributed by atoms with Crippen molar-refractivity contribution in [2.24, 2.45) is 0 Å². The van der Waals surface area contributed by atoms with Crippen LogP contribution in [-0.4, -0.2) is 29.3 Å². The molecule has 0 saturated heterocycles.